The van der Waals surface area contributed by atoms with Crippen LogP contribution < -0.4 is 5.32 Å². The average molecular weight is 268 g/mol. The molecule has 4 nitrogen and oxygen atoms in total. The summed E-state index contributed by atoms with van der Waals surface area (Å²) in [6, 6.07) is 3.32. The Morgan fingerprint density at radius 1 is 1.42 bits per heavy atom. The Morgan fingerprint density at radius 2 is 2.05 bits per heavy atom. The summed E-state index contributed by atoms with van der Waals surface area (Å²) in [6.07, 6.45) is 0. The van der Waals surface area contributed by atoms with Gasteiger partial charge in [-0.1, -0.05) is 13.8 Å². The lowest BCUT2D eigenvalue weighted by molar-refractivity contribution is 0.0926. The summed E-state index contributed by atoms with van der Waals surface area (Å²) in [5, 5.41) is 12.3. The SMILES string of the molecule is CN(C)CC(C)(C)CNC(=O)c1cc(F)ccc1O. The molecule has 1 aromatic rings. The lowest BCUT2D eigenvalue weighted by atomic mass is 9.93. The lowest BCUT2D eigenvalue weighted by Gasteiger charge is -2.28. The summed E-state index contributed by atoms with van der Waals surface area (Å²) in [7, 11) is 3.92. The first-order valence-corrected chi connectivity index (χ1v) is 6.13. The van der Waals surface area contributed by atoms with E-state index in [0.717, 1.165) is 18.7 Å². The van der Waals surface area contributed by atoms with E-state index >= 15 is 0 Å². The zero-order valence-electron chi connectivity index (χ0n) is 11.8. The molecule has 0 aliphatic carbocycles. The molecule has 1 rings (SSSR count). The highest BCUT2D eigenvalue weighted by Crippen LogP contribution is 2.19. The molecule has 106 valence electrons. The lowest BCUT2D eigenvalue weighted by Crippen LogP contribution is -2.40. The number of phenolic OH excluding ortho intramolecular Hbond substituents is 1. The second kappa shape index (κ2) is 6.02. The van der Waals surface area contributed by atoms with E-state index in [4.69, 9.17) is 0 Å². The molecule has 1 amide bonds. The van der Waals surface area contributed by atoms with Crippen molar-refractivity contribution in [2.75, 3.05) is 27.2 Å². The van der Waals surface area contributed by atoms with Crippen LogP contribution in [0.4, 0.5) is 4.39 Å². The Bertz CT molecular complexity index is 459. The minimum atomic E-state index is -0.546. The van der Waals surface area contributed by atoms with Crippen LogP contribution in [0.5, 0.6) is 5.75 Å². The van der Waals surface area contributed by atoms with Crippen molar-refractivity contribution >= 4 is 5.91 Å². The number of nitrogens with one attached hydrogen (secondary N) is 1. The van der Waals surface area contributed by atoms with Crippen molar-refractivity contribution in [3.63, 3.8) is 0 Å². The predicted octanol–water partition coefficient (Wildman–Crippen LogP) is 1.85. The summed E-state index contributed by atoms with van der Waals surface area (Å²) in [6.45, 7) is 5.31. The quantitative estimate of drug-likeness (QED) is 0.857. The van der Waals surface area contributed by atoms with E-state index in [1.54, 1.807) is 0 Å². The molecule has 0 bridgehead atoms. The highest BCUT2D eigenvalue weighted by Gasteiger charge is 2.21. The molecule has 0 aliphatic heterocycles. The second-order valence-electron chi connectivity index (χ2n) is 5.75. The fourth-order valence-corrected chi connectivity index (χ4v) is 2.02. The maximum atomic E-state index is 13.1. The number of rotatable bonds is 5. The monoisotopic (exact) mass is 268 g/mol. The Labute approximate surface area is 113 Å². The van der Waals surface area contributed by atoms with Crippen LogP contribution in [0.2, 0.25) is 0 Å². The Morgan fingerprint density at radius 3 is 2.63 bits per heavy atom. The largest absolute Gasteiger partial charge is 0.507 e. The number of phenols is 1. The van der Waals surface area contributed by atoms with Gasteiger partial charge < -0.3 is 15.3 Å². The van der Waals surface area contributed by atoms with E-state index in [-0.39, 0.29) is 16.7 Å². The molecule has 0 radical (unpaired) electrons. The van der Waals surface area contributed by atoms with E-state index < -0.39 is 11.7 Å². The number of halogens is 1. The minimum absolute atomic E-state index is 0.0411. The number of hydrogen-bond acceptors (Lipinski definition) is 3. The van der Waals surface area contributed by atoms with Crippen LogP contribution in [0.25, 0.3) is 0 Å². The van der Waals surface area contributed by atoms with E-state index in [1.165, 1.54) is 6.07 Å². The molecule has 19 heavy (non-hydrogen) atoms. The molecule has 0 saturated carbocycles. The standard InChI is InChI=1S/C14H21FN2O2/c1-14(2,9-17(3)4)8-16-13(19)11-7-10(15)5-6-12(11)18/h5-7,18H,8-9H2,1-4H3,(H,16,19). The van der Waals surface area contributed by atoms with Gasteiger partial charge in [0.2, 0.25) is 0 Å². The van der Waals surface area contributed by atoms with Gasteiger partial charge in [0.25, 0.3) is 5.91 Å². The number of benzene rings is 1. The van der Waals surface area contributed by atoms with Crippen LogP contribution in [-0.2, 0) is 0 Å². The Hall–Kier alpha value is -1.62. The molecule has 0 aromatic heterocycles. The van der Waals surface area contributed by atoms with Gasteiger partial charge in [0.1, 0.15) is 11.6 Å². The van der Waals surface area contributed by atoms with E-state index in [9.17, 15) is 14.3 Å². The van der Waals surface area contributed by atoms with Gasteiger partial charge in [-0.3, -0.25) is 4.79 Å². The third kappa shape index (κ3) is 4.87. The van der Waals surface area contributed by atoms with Crippen molar-refractivity contribution < 1.29 is 14.3 Å². The van der Waals surface area contributed by atoms with Crippen LogP contribution in [0.3, 0.4) is 0 Å². The van der Waals surface area contributed by atoms with Crippen LogP contribution in [0, 0.1) is 11.2 Å². The first-order chi connectivity index (χ1) is 8.71. The third-order valence-electron chi connectivity index (χ3n) is 2.67. The molecule has 0 aliphatic rings. The van der Waals surface area contributed by atoms with Crippen LogP contribution in [-0.4, -0.2) is 43.1 Å². The van der Waals surface area contributed by atoms with Crippen LogP contribution in [0.1, 0.15) is 24.2 Å². The number of amides is 1. The molecular formula is C14H21FN2O2. The summed E-state index contributed by atoms with van der Waals surface area (Å²) < 4.78 is 13.1. The Balaban J connectivity index is 2.68. The number of carbonyl (C=O) groups is 1. The van der Waals surface area contributed by atoms with Gasteiger partial charge in [-0.25, -0.2) is 4.39 Å². The average Bonchev–Trinajstić information content (AvgIpc) is 2.27. The summed E-state index contributed by atoms with van der Waals surface area (Å²) in [5.41, 5.74) is -0.150. The fraction of sp³-hybridized carbons (Fsp3) is 0.500. The normalized spacial score (nSPS) is 11.7. The van der Waals surface area contributed by atoms with Gasteiger partial charge >= 0.3 is 0 Å². The van der Waals surface area contributed by atoms with Gasteiger partial charge in [0.05, 0.1) is 5.56 Å². The van der Waals surface area contributed by atoms with Gasteiger partial charge in [-0.05, 0) is 37.7 Å². The van der Waals surface area contributed by atoms with Crippen molar-refractivity contribution in [2.45, 2.75) is 13.8 Å². The molecule has 0 heterocycles. The molecule has 0 unspecified atom stereocenters. The van der Waals surface area contributed by atoms with Crippen molar-refractivity contribution in [1.29, 1.82) is 0 Å². The van der Waals surface area contributed by atoms with E-state index in [1.807, 2.05) is 32.8 Å². The topological polar surface area (TPSA) is 52.6 Å². The number of carbonyl (C=O) groups excluding carboxylic acids is 1. The molecular weight excluding hydrogens is 247 g/mol. The highest BCUT2D eigenvalue weighted by molar-refractivity contribution is 5.96. The minimum Gasteiger partial charge on any atom is -0.507 e. The predicted molar refractivity (Wildman–Crippen MR) is 72.7 cm³/mol. The maximum absolute atomic E-state index is 13.1. The van der Waals surface area contributed by atoms with Gasteiger partial charge in [0, 0.05) is 13.1 Å². The molecule has 1 aromatic carbocycles. The molecule has 0 saturated heterocycles. The fourth-order valence-electron chi connectivity index (χ4n) is 2.02. The second-order valence-corrected chi connectivity index (χ2v) is 5.75. The summed E-state index contributed by atoms with van der Waals surface area (Å²) in [5.74, 6) is -1.23. The first-order valence-electron chi connectivity index (χ1n) is 6.13. The smallest absolute Gasteiger partial charge is 0.255 e. The van der Waals surface area contributed by atoms with Crippen LogP contribution >= 0.6 is 0 Å². The van der Waals surface area contributed by atoms with Gasteiger partial charge in [-0.15, -0.1) is 0 Å². The van der Waals surface area contributed by atoms with Crippen molar-refractivity contribution in [2.24, 2.45) is 5.41 Å². The third-order valence-corrected chi connectivity index (χ3v) is 2.67. The summed E-state index contributed by atoms with van der Waals surface area (Å²) in [4.78, 5) is 13.9. The van der Waals surface area contributed by atoms with Crippen molar-refractivity contribution in [3.8, 4) is 5.75 Å². The Kier molecular flexibility index (Phi) is 4.89. The van der Waals surface area contributed by atoms with E-state index in [0.29, 0.717) is 6.54 Å². The molecule has 0 atom stereocenters. The summed E-state index contributed by atoms with van der Waals surface area (Å²) >= 11 is 0. The zero-order chi connectivity index (χ0) is 14.6. The molecule has 5 heteroatoms. The molecule has 0 spiro atoms. The maximum Gasteiger partial charge on any atom is 0.255 e. The first kappa shape index (κ1) is 15.4. The van der Waals surface area contributed by atoms with Gasteiger partial charge in [0.15, 0.2) is 0 Å². The number of aromatic hydroxyl groups is 1. The molecule has 0 fully saturated rings. The van der Waals surface area contributed by atoms with Gasteiger partial charge in [-0.2, -0.15) is 0 Å². The highest BCUT2D eigenvalue weighted by atomic mass is 19.1. The van der Waals surface area contributed by atoms with E-state index in [2.05, 4.69) is 5.32 Å². The molecule has 2 N–H and O–H groups in total. The van der Waals surface area contributed by atoms with Crippen molar-refractivity contribution in [3.05, 3.63) is 29.6 Å². The number of nitrogens with zero attached hydrogens (tertiary/aromatic N) is 1. The van der Waals surface area contributed by atoms with Crippen LogP contribution in [0.15, 0.2) is 18.2 Å². The zero-order valence-corrected chi connectivity index (χ0v) is 11.8. The number of hydrogen-bond donors (Lipinski definition) is 2. The van der Waals surface area contributed by atoms with Crippen molar-refractivity contribution in [1.82, 2.24) is 10.2 Å².